The Kier molecular flexibility index (Phi) is 7.21. The van der Waals surface area contributed by atoms with Gasteiger partial charge in [-0.05, 0) is 49.9 Å². The SMILES string of the molecule is CN=C(NCCCOCC1CCOCC1)N1CC2CCCCC2C1. The number of rotatable bonds is 6. The van der Waals surface area contributed by atoms with Crippen molar-refractivity contribution in [3.05, 3.63) is 0 Å². The maximum atomic E-state index is 5.84. The van der Waals surface area contributed by atoms with E-state index in [9.17, 15) is 0 Å². The van der Waals surface area contributed by atoms with Gasteiger partial charge in [0.15, 0.2) is 5.96 Å². The van der Waals surface area contributed by atoms with Crippen molar-refractivity contribution in [3.63, 3.8) is 0 Å². The van der Waals surface area contributed by atoms with Crippen LogP contribution in [0.1, 0.15) is 44.9 Å². The summed E-state index contributed by atoms with van der Waals surface area (Å²) in [7, 11) is 1.91. The molecule has 0 aromatic heterocycles. The molecule has 3 rings (SSSR count). The number of fused-ring (bicyclic) bond motifs is 1. The van der Waals surface area contributed by atoms with Crippen molar-refractivity contribution >= 4 is 5.96 Å². The van der Waals surface area contributed by atoms with E-state index < -0.39 is 0 Å². The second-order valence-electron chi connectivity index (χ2n) is 7.67. The van der Waals surface area contributed by atoms with Crippen LogP contribution in [0.3, 0.4) is 0 Å². The highest BCUT2D eigenvalue weighted by molar-refractivity contribution is 5.80. The van der Waals surface area contributed by atoms with Gasteiger partial charge in [-0.3, -0.25) is 4.99 Å². The molecule has 0 spiro atoms. The number of nitrogens with one attached hydrogen (secondary N) is 1. The van der Waals surface area contributed by atoms with E-state index in [0.29, 0.717) is 5.92 Å². The summed E-state index contributed by atoms with van der Waals surface area (Å²) in [5.41, 5.74) is 0. The molecule has 0 amide bonds. The van der Waals surface area contributed by atoms with Crippen molar-refractivity contribution in [1.29, 1.82) is 0 Å². The molecule has 2 saturated heterocycles. The van der Waals surface area contributed by atoms with Crippen molar-refractivity contribution in [2.75, 3.05) is 53.1 Å². The molecule has 0 bridgehead atoms. The van der Waals surface area contributed by atoms with Crippen molar-refractivity contribution in [1.82, 2.24) is 10.2 Å². The van der Waals surface area contributed by atoms with Gasteiger partial charge >= 0.3 is 0 Å². The van der Waals surface area contributed by atoms with Crippen LogP contribution in [0.2, 0.25) is 0 Å². The molecule has 2 aliphatic heterocycles. The third kappa shape index (κ3) is 5.09. The molecule has 1 aliphatic carbocycles. The number of guanidine groups is 1. The molecule has 3 fully saturated rings. The fourth-order valence-corrected chi connectivity index (χ4v) is 4.45. The molecular formula is C19H35N3O2. The lowest BCUT2D eigenvalue weighted by molar-refractivity contribution is 0.0203. The van der Waals surface area contributed by atoms with Gasteiger partial charge in [0, 0.05) is 53.1 Å². The molecule has 1 saturated carbocycles. The third-order valence-corrected chi connectivity index (χ3v) is 5.93. The van der Waals surface area contributed by atoms with E-state index in [0.717, 1.165) is 70.0 Å². The zero-order chi connectivity index (χ0) is 16.6. The van der Waals surface area contributed by atoms with E-state index in [1.54, 1.807) is 0 Å². The number of hydrogen-bond donors (Lipinski definition) is 1. The average molecular weight is 338 g/mol. The van der Waals surface area contributed by atoms with Crippen molar-refractivity contribution < 1.29 is 9.47 Å². The largest absolute Gasteiger partial charge is 0.381 e. The van der Waals surface area contributed by atoms with Crippen LogP contribution >= 0.6 is 0 Å². The van der Waals surface area contributed by atoms with E-state index in [-0.39, 0.29) is 0 Å². The first kappa shape index (κ1) is 18.0. The quantitative estimate of drug-likeness (QED) is 0.460. The van der Waals surface area contributed by atoms with Gasteiger partial charge in [-0.15, -0.1) is 0 Å². The Morgan fingerprint density at radius 3 is 2.50 bits per heavy atom. The Hall–Kier alpha value is -0.810. The average Bonchev–Trinajstić information content (AvgIpc) is 3.06. The minimum absolute atomic E-state index is 0.701. The molecule has 3 aliphatic rings. The molecule has 1 N–H and O–H groups in total. The summed E-state index contributed by atoms with van der Waals surface area (Å²) in [6.45, 7) is 6.90. The molecule has 5 nitrogen and oxygen atoms in total. The van der Waals surface area contributed by atoms with Crippen LogP contribution in [0.5, 0.6) is 0 Å². The molecule has 0 aromatic carbocycles. The normalized spacial score (nSPS) is 28.9. The zero-order valence-electron chi connectivity index (χ0n) is 15.3. The summed E-state index contributed by atoms with van der Waals surface area (Å²) >= 11 is 0. The monoisotopic (exact) mass is 337 g/mol. The minimum atomic E-state index is 0.701. The standard InChI is InChI=1S/C19H35N3O2/c1-20-19(22-13-17-5-2-3-6-18(17)14-22)21-9-4-10-24-15-16-7-11-23-12-8-16/h16-18H,2-15H2,1H3,(H,20,21). The Balaban J connectivity index is 1.27. The van der Waals surface area contributed by atoms with Gasteiger partial charge in [-0.2, -0.15) is 0 Å². The highest BCUT2D eigenvalue weighted by atomic mass is 16.5. The van der Waals surface area contributed by atoms with Gasteiger partial charge < -0.3 is 19.7 Å². The fraction of sp³-hybridized carbons (Fsp3) is 0.947. The van der Waals surface area contributed by atoms with Crippen LogP contribution in [-0.2, 0) is 9.47 Å². The maximum Gasteiger partial charge on any atom is 0.193 e. The molecule has 5 heteroatoms. The van der Waals surface area contributed by atoms with Gasteiger partial charge in [0.25, 0.3) is 0 Å². The zero-order valence-corrected chi connectivity index (χ0v) is 15.3. The van der Waals surface area contributed by atoms with Crippen LogP contribution in [0, 0.1) is 17.8 Å². The van der Waals surface area contributed by atoms with E-state index in [2.05, 4.69) is 15.2 Å². The number of likely N-dealkylation sites (tertiary alicyclic amines) is 1. The first-order chi connectivity index (χ1) is 11.9. The number of ether oxygens (including phenoxy) is 2. The summed E-state index contributed by atoms with van der Waals surface area (Å²) in [5.74, 6) is 3.60. The Bertz CT molecular complexity index is 382. The van der Waals surface area contributed by atoms with Crippen LogP contribution in [-0.4, -0.2) is 64.0 Å². The Morgan fingerprint density at radius 1 is 1.12 bits per heavy atom. The number of aliphatic imine (C=N–C) groups is 1. The lowest BCUT2D eigenvalue weighted by atomic mass is 9.82. The molecule has 0 aromatic rings. The first-order valence-corrected chi connectivity index (χ1v) is 9.98. The predicted octanol–water partition coefficient (Wildman–Crippen LogP) is 2.52. The second kappa shape index (κ2) is 9.62. The summed E-state index contributed by atoms with van der Waals surface area (Å²) in [4.78, 5) is 6.97. The molecule has 24 heavy (non-hydrogen) atoms. The highest BCUT2D eigenvalue weighted by Crippen LogP contribution is 2.35. The topological polar surface area (TPSA) is 46.1 Å². The molecular weight excluding hydrogens is 302 g/mol. The first-order valence-electron chi connectivity index (χ1n) is 9.98. The van der Waals surface area contributed by atoms with E-state index >= 15 is 0 Å². The molecule has 2 heterocycles. The summed E-state index contributed by atoms with van der Waals surface area (Å²) in [6, 6.07) is 0. The minimum Gasteiger partial charge on any atom is -0.381 e. The Morgan fingerprint density at radius 2 is 1.83 bits per heavy atom. The molecule has 138 valence electrons. The Labute approximate surface area is 147 Å². The summed E-state index contributed by atoms with van der Waals surface area (Å²) in [5, 5.41) is 3.54. The van der Waals surface area contributed by atoms with Gasteiger partial charge in [0.1, 0.15) is 0 Å². The van der Waals surface area contributed by atoms with Crippen molar-refractivity contribution in [3.8, 4) is 0 Å². The van der Waals surface area contributed by atoms with Gasteiger partial charge in [-0.25, -0.2) is 0 Å². The summed E-state index contributed by atoms with van der Waals surface area (Å²) in [6.07, 6.45) is 9.03. The van der Waals surface area contributed by atoms with Crippen molar-refractivity contribution in [2.45, 2.75) is 44.9 Å². The van der Waals surface area contributed by atoms with Crippen LogP contribution in [0.15, 0.2) is 4.99 Å². The molecule has 2 atom stereocenters. The van der Waals surface area contributed by atoms with Crippen LogP contribution in [0.4, 0.5) is 0 Å². The van der Waals surface area contributed by atoms with Gasteiger partial charge in [-0.1, -0.05) is 12.8 Å². The van der Waals surface area contributed by atoms with Crippen molar-refractivity contribution in [2.24, 2.45) is 22.7 Å². The smallest absolute Gasteiger partial charge is 0.193 e. The van der Waals surface area contributed by atoms with E-state index in [1.807, 2.05) is 7.05 Å². The number of hydrogen-bond acceptors (Lipinski definition) is 3. The summed E-state index contributed by atoms with van der Waals surface area (Å²) < 4.78 is 11.2. The maximum absolute atomic E-state index is 5.84. The van der Waals surface area contributed by atoms with Crippen LogP contribution in [0.25, 0.3) is 0 Å². The van der Waals surface area contributed by atoms with Crippen LogP contribution < -0.4 is 5.32 Å². The third-order valence-electron chi connectivity index (χ3n) is 5.93. The van der Waals surface area contributed by atoms with Gasteiger partial charge in [0.2, 0.25) is 0 Å². The second-order valence-corrected chi connectivity index (χ2v) is 7.67. The van der Waals surface area contributed by atoms with E-state index in [4.69, 9.17) is 9.47 Å². The highest BCUT2D eigenvalue weighted by Gasteiger charge is 2.35. The lowest BCUT2D eigenvalue weighted by Crippen LogP contribution is -2.40. The lowest BCUT2D eigenvalue weighted by Gasteiger charge is -2.22. The predicted molar refractivity (Wildman–Crippen MR) is 97.4 cm³/mol. The molecule has 2 unspecified atom stereocenters. The van der Waals surface area contributed by atoms with E-state index in [1.165, 1.54) is 38.8 Å². The molecule has 0 radical (unpaired) electrons. The van der Waals surface area contributed by atoms with Gasteiger partial charge in [0.05, 0.1) is 0 Å². The number of nitrogens with zero attached hydrogens (tertiary/aromatic N) is 2. The fourth-order valence-electron chi connectivity index (χ4n) is 4.45.